The second kappa shape index (κ2) is 6.88. The molecule has 0 unspecified atom stereocenters. The van der Waals surface area contributed by atoms with Gasteiger partial charge in [0.15, 0.2) is 0 Å². The molecule has 1 N–H and O–H groups in total. The van der Waals surface area contributed by atoms with E-state index < -0.39 is 0 Å². The maximum Gasteiger partial charge on any atom is 0.0518 e. The summed E-state index contributed by atoms with van der Waals surface area (Å²) >= 11 is 0. The summed E-state index contributed by atoms with van der Waals surface area (Å²) in [6.07, 6.45) is 3.77. The van der Waals surface area contributed by atoms with E-state index in [1.807, 2.05) is 0 Å². The van der Waals surface area contributed by atoms with Crippen molar-refractivity contribution < 1.29 is 9.47 Å². The van der Waals surface area contributed by atoms with E-state index in [0.717, 1.165) is 45.6 Å². The lowest BCUT2D eigenvalue weighted by Crippen LogP contribution is -2.46. The largest absolute Gasteiger partial charge is 0.381 e. The van der Waals surface area contributed by atoms with Crippen LogP contribution in [0, 0.1) is 5.41 Å². The zero-order valence-electron chi connectivity index (χ0n) is 12.8. The van der Waals surface area contributed by atoms with Crippen molar-refractivity contribution in [3.63, 3.8) is 0 Å². The van der Waals surface area contributed by atoms with E-state index in [0.29, 0.717) is 11.5 Å². The van der Waals surface area contributed by atoms with Crippen molar-refractivity contribution >= 4 is 0 Å². The predicted molar refractivity (Wildman–Crippen MR) is 75.9 cm³/mol. The smallest absolute Gasteiger partial charge is 0.0518 e. The number of hydrogen-bond donors (Lipinski definition) is 1. The summed E-state index contributed by atoms with van der Waals surface area (Å²) < 4.78 is 11.2. The zero-order valence-corrected chi connectivity index (χ0v) is 12.8. The average Bonchev–Trinajstić information content (AvgIpc) is 2.27. The molecule has 3 heteroatoms. The van der Waals surface area contributed by atoms with Crippen molar-refractivity contribution in [3.8, 4) is 0 Å². The fraction of sp³-hybridized carbons (Fsp3) is 1.00. The molecule has 0 saturated carbocycles. The standard InChI is InChI=1S/C15H31NO2/c1-13(2)18-11-8-15(6-9-17-10-7-15)12-16-14(3,4)5/h13,16H,6-12H2,1-5H3. The highest BCUT2D eigenvalue weighted by Crippen LogP contribution is 2.34. The first-order chi connectivity index (χ1) is 8.33. The van der Waals surface area contributed by atoms with Gasteiger partial charge in [0.25, 0.3) is 0 Å². The predicted octanol–water partition coefficient (Wildman–Crippen LogP) is 2.99. The van der Waals surface area contributed by atoms with Crippen LogP contribution in [-0.2, 0) is 9.47 Å². The molecule has 0 aliphatic carbocycles. The lowest BCUT2D eigenvalue weighted by atomic mass is 9.77. The van der Waals surface area contributed by atoms with Gasteiger partial charge in [0.1, 0.15) is 0 Å². The quantitative estimate of drug-likeness (QED) is 0.793. The number of rotatable bonds is 6. The van der Waals surface area contributed by atoms with Crippen LogP contribution in [0.4, 0.5) is 0 Å². The fourth-order valence-corrected chi connectivity index (χ4v) is 2.28. The Labute approximate surface area is 113 Å². The molecule has 0 aromatic heterocycles. The number of ether oxygens (including phenoxy) is 2. The van der Waals surface area contributed by atoms with Gasteiger partial charge in [-0.3, -0.25) is 0 Å². The van der Waals surface area contributed by atoms with E-state index >= 15 is 0 Å². The summed E-state index contributed by atoms with van der Waals surface area (Å²) in [6, 6.07) is 0. The highest BCUT2D eigenvalue weighted by atomic mass is 16.5. The Balaban J connectivity index is 2.46. The lowest BCUT2D eigenvalue weighted by molar-refractivity contribution is -0.0168. The summed E-state index contributed by atoms with van der Waals surface area (Å²) in [6.45, 7) is 14.6. The zero-order chi connectivity index (χ0) is 13.6. The first-order valence-electron chi connectivity index (χ1n) is 7.27. The fourth-order valence-electron chi connectivity index (χ4n) is 2.28. The van der Waals surface area contributed by atoms with Crippen LogP contribution in [0.2, 0.25) is 0 Å². The molecule has 0 aromatic rings. The van der Waals surface area contributed by atoms with E-state index in [2.05, 4.69) is 39.9 Å². The first kappa shape index (κ1) is 15.9. The highest BCUT2D eigenvalue weighted by Gasteiger charge is 2.33. The van der Waals surface area contributed by atoms with Crippen LogP contribution in [0.1, 0.15) is 53.9 Å². The Bertz CT molecular complexity index is 227. The topological polar surface area (TPSA) is 30.5 Å². The summed E-state index contributed by atoms with van der Waals surface area (Å²) in [5.41, 5.74) is 0.546. The Morgan fingerprint density at radius 1 is 1.22 bits per heavy atom. The molecule has 1 aliphatic heterocycles. The molecule has 0 radical (unpaired) electrons. The van der Waals surface area contributed by atoms with Crippen LogP contribution in [0.15, 0.2) is 0 Å². The van der Waals surface area contributed by atoms with E-state index in [1.54, 1.807) is 0 Å². The van der Waals surface area contributed by atoms with E-state index in [-0.39, 0.29) is 5.54 Å². The minimum Gasteiger partial charge on any atom is -0.381 e. The van der Waals surface area contributed by atoms with Gasteiger partial charge in [-0.2, -0.15) is 0 Å². The molecule has 1 fully saturated rings. The normalized spacial score (nSPS) is 20.3. The van der Waals surface area contributed by atoms with Crippen molar-refractivity contribution in [2.24, 2.45) is 5.41 Å². The van der Waals surface area contributed by atoms with E-state index in [4.69, 9.17) is 9.47 Å². The summed E-state index contributed by atoms with van der Waals surface area (Å²) in [7, 11) is 0. The minimum atomic E-state index is 0.185. The summed E-state index contributed by atoms with van der Waals surface area (Å²) in [5, 5.41) is 3.66. The monoisotopic (exact) mass is 257 g/mol. The Kier molecular flexibility index (Phi) is 6.09. The maximum absolute atomic E-state index is 5.73. The Morgan fingerprint density at radius 2 is 1.83 bits per heavy atom. The molecule has 1 rings (SSSR count). The average molecular weight is 257 g/mol. The lowest BCUT2D eigenvalue weighted by Gasteiger charge is -2.39. The Morgan fingerprint density at radius 3 is 2.33 bits per heavy atom. The third kappa shape index (κ3) is 6.17. The van der Waals surface area contributed by atoms with Gasteiger partial charge in [0.2, 0.25) is 0 Å². The van der Waals surface area contributed by atoms with Gasteiger partial charge in [-0.15, -0.1) is 0 Å². The van der Waals surface area contributed by atoms with Crippen molar-refractivity contribution in [1.82, 2.24) is 5.32 Å². The second-order valence-electron chi connectivity index (χ2n) is 6.89. The SMILES string of the molecule is CC(C)OCCC1(CNC(C)(C)C)CCOCC1. The number of nitrogens with one attached hydrogen (secondary N) is 1. The molecule has 1 saturated heterocycles. The van der Waals surface area contributed by atoms with Crippen molar-refractivity contribution in [3.05, 3.63) is 0 Å². The van der Waals surface area contributed by atoms with Crippen LogP contribution >= 0.6 is 0 Å². The van der Waals surface area contributed by atoms with Crippen LogP contribution in [0.25, 0.3) is 0 Å². The van der Waals surface area contributed by atoms with Gasteiger partial charge in [0, 0.05) is 31.9 Å². The molecule has 0 aromatic carbocycles. The van der Waals surface area contributed by atoms with Crippen LogP contribution in [-0.4, -0.2) is 38.0 Å². The van der Waals surface area contributed by atoms with Gasteiger partial charge in [-0.25, -0.2) is 0 Å². The summed E-state index contributed by atoms with van der Waals surface area (Å²) in [4.78, 5) is 0. The molecule has 0 spiro atoms. The minimum absolute atomic E-state index is 0.185. The van der Waals surface area contributed by atoms with Gasteiger partial charge in [-0.05, 0) is 59.3 Å². The molecule has 18 heavy (non-hydrogen) atoms. The van der Waals surface area contributed by atoms with Gasteiger partial charge < -0.3 is 14.8 Å². The van der Waals surface area contributed by atoms with E-state index in [1.165, 1.54) is 0 Å². The van der Waals surface area contributed by atoms with Crippen molar-refractivity contribution in [2.75, 3.05) is 26.4 Å². The molecule has 0 amide bonds. The highest BCUT2D eigenvalue weighted by molar-refractivity contribution is 4.86. The summed E-state index contributed by atoms with van der Waals surface area (Å²) in [5.74, 6) is 0. The van der Waals surface area contributed by atoms with Crippen LogP contribution in [0.5, 0.6) is 0 Å². The molecular formula is C15H31NO2. The van der Waals surface area contributed by atoms with Crippen molar-refractivity contribution in [2.45, 2.75) is 65.5 Å². The maximum atomic E-state index is 5.73. The van der Waals surface area contributed by atoms with Gasteiger partial charge in [-0.1, -0.05) is 0 Å². The molecular weight excluding hydrogens is 226 g/mol. The Hall–Kier alpha value is -0.120. The van der Waals surface area contributed by atoms with Crippen LogP contribution in [0.3, 0.4) is 0 Å². The van der Waals surface area contributed by atoms with Gasteiger partial charge >= 0.3 is 0 Å². The molecule has 0 bridgehead atoms. The van der Waals surface area contributed by atoms with Crippen LogP contribution < -0.4 is 5.32 Å². The van der Waals surface area contributed by atoms with E-state index in [9.17, 15) is 0 Å². The molecule has 1 aliphatic rings. The molecule has 3 nitrogen and oxygen atoms in total. The first-order valence-corrected chi connectivity index (χ1v) is 7.27. The number of hydrogen-bond acceptors (Lipinski definition) is 3. The third-order valence-electron chi connectivity index (χ3n) is 3.63. The molecule has 1 heterocycles. The van der Waals surface area contributed by atoms with Crippen molar-refractivity contribution in [1.29, 1.82) is 0 Å². The third-order valence-corrected chi connectivity index (χ3v) is 3.63. The van der Waals surface area contributed by atoms with Gasteiger partial charge in [0.05, 0.1) is 6.10 Å². The molecule has 108 valence electrons. The molecule has 0 atom stereocenters. The second-order valence-corrected chi connectivity index (χ2v) is 6.89.